The maximum atomic E-state index is 2.56. The normalized spacial score (nSPS) is 16.7. The molecule has 2 aliphatic carbocycles. The second-order valence-corrected chi connectivity index (χ2v) is 13.1. The van der Waals surface area contributed by atoms with Gasteiger partial charge in [0.2, 0.25) is 0 Å². The standard InChI is InChI=1S/C42H43N3/c1-3-4-12-27-43(2)45-41-18-11-9-16-36(41)38-29-33(22-26-42(38)45)32-21-25-40-37(28-32)35-15-8-10-17-39(35)44(40)34-23-19-31(20-24-34)30-13-6-5-7-14-30/h6,9,11-13,16,18-30H,3-5,7-8,10,14-15,17H2,1-2H3/b27-12-. The van der Waals surface area contributed by atoms with Gasteiger partial charge in [-0.2, -0.15) is 0 Å². The topological polar surface area (TPSA) is 13.1 Å². The van der Waals surface area contributed by atoms with E-state index in [4.69, 9.17) is 0 Å². The van der Waals surface area contributed by atoms with Crippen molar-refractivity contribution in [1.29, 1.82) is 0 Å². The Morgan fingerprint density at radius 1 is 0.778 bits per heavy atom. The van der Waals surface area contributed by atoms with Crippen LogP contribution in [0.1, 0.15) is 74.6 Å². The van der Waals surface area contributed by atoms with Gasteiger partial charge in [-0.25, -0.2) is 0 Å². The molecule has 0 saturated heterocycles. The summed E-state index contributed by atoms with van der Waals surface area (Å²) in [5, 5.41) is 6.23. The molecule has 3 nitrogen and oxygen atoms in total. The number of rotatable bonds is 7. The fourth-order valence-electron chi connectivity index (χ4n) is 7.91. The van der Waals surface area contributed by atoms with Crippen molar-refractivity contribution >= 4 is 32.7 Å². The summed E-state index contributed by atoms with van der Waals surface area (Å²) in [6.45, 7) is 2.22. The Kier molecular flexibility index (Phi) is 7.33. The number of aryl methyl sites for hydroxylation is 1. The average molecular weight is 590 g/mol. The smallest absolute Gasteiger partial charge is 0.0712 e. The zero-order valence-electron chi connectivity index (χ0n) is 26.7. The number of hydrogen-bond acceptors (Lipinski definition) is 1. The molecule has 0 N–H and O–H groups in total. The summed E-state index contributed by atoms with van der Waals surface area (Å²) in [7, 11) is 2.15. The van der Waals surface area contributed by atoms with E-state index >= 15 is 0 Å². The highest BCUT2D eigenvalue weighted by Crippen LogP contribution is 2.39. The van der Waals surface area contributed by atoms with Gasteiger partial charge in [0.25, 0.3) is 0 Å². The van der Waals surface area contributed by atoms with E-state index in [0.717, 1.165) is 25.7 Å². The second kappa shape index (κ2) is 11.8. The average Bonchev–Trinajstić information content (AvgIpc) is 3.61. The maximum Gasteiger partial charge on any atom is 0.0712 e. The lowest BCUT2D eigenvalue weighted by atomic mass is 9.89. The van der Waals surface area contributed by atoms with Gasteiger partial charge in [0.1, 0.15) is 0 Å². The number of para-hydroxylation sites is 1. The third-order valence-corrected chi connectivity index (χ3v) is 10.2. The first-order valence-electron chi connectivity index (χ1n) is 17.1. The van der Waals surface area contributed by atoms with Crippen LogP contribution in [0.25, 0.3) is 49.5 Å². The van der Waals surface area contributed by atoms with Gasteiger partial charge >= 0.3 is 0 Å². The Balaban J connectivity index is 1.22. The minimum absolute atomic E-state index is 0.565. The molecule has 2 aliphatic rings. The van der Waals surface area contributed by atoms with E-state index in [1.807, 2.05) is 0 Å². The first-order chi connectivity index (χ1) is 22.2. The third-order valence-electron chi connectivity index (χ3n) is 10.2. The fraction of sp³-hybridized carbons (Fsp3) is 0.286. The van der Waals surface area contributed by atoms with Crippen LogP contribution in [0, 0.1) is 0 Å². The number of unbranched alkanes of at least 4 members (excludes halogenated alkanes) is 1. The molecule has 0 fully saturated rings. The Morgan fingerprint density at radius 2 is 1.53 bits per heavy atom. The molecule has 0 spiro atoms. The highest BCUT2D eigenvalue weighted by molar-refractivity contribution is 6.09. The van der Waals surface area contributed by atoms with Crippen LogP contribution in [-0.4, -0.2) is 16.3 Å². The molecule has 45 heavy (non-hydrogen) atoms. The van der Waals surface area contributed by atoms with Crippen LogP contribution in [0.3, 0.4) is 0 Å². The molecule has 1 atom stereocenters. The van der Waals surface area contributed by atoms with Crippen molar-refractivity contribution < 1.29 is 0 Å². The van der Waals surface area contributed by atoms with Crippen molar-refractivity contribution in [1.82, 2.24) is 9.24 Å². The van der Waals surface area contributed by atoms with Crippen LogP contribution in [0.5, 0.6) is 0 Å². The molecule has 3 heteroatoms. The number of hydrogen-bond donors (Lipinski definition) is 0. The van der Waals surface area contributed by atoms with Crippen molar-refractivity contribution in [2.24, 2.45) is 0 Å². The molecule has 0 radical (unpaired) electrons. The Labute approximate surface area is 267 Å². The van der Waals surface area contributed by atoms with Crippen LogP contribution >= 0.6 is 0 Å². The quantitative estimate of drug-likeness (QED) is 0.169. The summed E-state index contributed by atoms with van der Waals surface area (Å²) in [6, 6.07) is 32.5. The van der Waals surface area contributed by atoms with E-state index in [1.165, 1.54) is 92.9 Å². The lowest BCUT2D eigenvalue weighted by molar-refractivity contribution is 0.654. The molecule has 2 heterocycles. The first kappa shape index (κ1) is 28.0. The van der Waals surface area contributed by atoms with E-state index in [-0.39, 0.29) is 0 Å². The van der Waals surface area contributed by atoms with Crippen molar-refractivity contribution in [3.05, 3.63) is 126 Å². The predicted molar refractivity (Wildman–Crippen MR) is 192 cm³/mol. The van der Waals surface area contributed by atoms with Gasteiger partial charge in [0.15, 0.2) is 0 Å². The van der Waals surface area contributed by atoms with Gasteiger partial charge in [-0.1, -0.05) is 74.0 Å². The first-order valence-corrected chi connectivity index (χ1v) is 17.1. The molecule has 1 unspecified atom stereocenters. The van der Waals surface area contributed by atoms with Gasteiger partial charge in [0, 0.05) is 46.7 Å². The van der Waals surface area contributed by atoms with E-state index in [1.54, 1.807) is 5.56 Å². The lowest BCUT2D eigenvalue weighted by Gasteiger charge is -2.19. The Morgan fingerprint density at radius 3 is 2.33 bits per heavy atom. The van der Waals surface area contributed by atoms with Gasteiger partial charge in [0.05, 0.1) is 16.6 Å². The molecule has 226 valence electrons. The van der Waals surface area contributed by atoms with Crippen LogP contribution in [0.4, 0.5) is 0 Å². The van der Waals surface area contributed by atoms with Gasteiger partial charge in [-0.3, -0.25) is 9.69 Å². The van der Waals surface area contributed by atoms with E-state index in [0.29, 0.717) is 5.92 Å². The van der Waals surface area contributed by atoms with Crippen LogP contribution in [0.2, 0.25) is 0 Å². The summed E-state index contributed by atoms with van der Waals surface area (Å²) in [4.78, 5) is 0. The summed E-state index contributed by atoms with van der Waals surface area (Å²) < 4.78 is 4.91. The number of nitrogens with zero attached hydrogens (tertiary/aromatic N) is 3. The van der Waals surface area contributed by atoms with Gasteiger partial charge in [-0.05, 0) is 116 Å². The predicted octanol–water partition coefficient (Wildman–Crippen LogP) is 11.0. The van der Waals surface area contributed by atoms with Crippen LogP contribution in [0.15, 0.2) is 109 Å². The second-order valence-electron chi connectivity index (χ2n) is 13.1. The zero-order chi connectivity index (χ0) is 30.3. The van der Waals surface area contributed by atoms with Gasteiger partial charge < -0.3 is 4.57 Å². The number of benzene rings is 4. The number of fused-ring (bicyclic) bond motifs is 6. The van der Waals surface area contributed by atoms with E-state index < -0.39 is 0 Å². The highest BCUT2D eigenvalue weighted by Gasteiger charge is 2.22. The Bertz CT molecular complexity index is 2070. The summed E-state index contributed by atoms with van der Waals surface area (Å²) >= 11 is 0. The minimum Gasteiger partial charge on any atom is -0.313 e. The molecule has 0 aliphatic heterocycles. The molecule has 0 amide bonds. The molecule has 6 aromatic rings. The largest absolute Gasteiger partial charge is 0.313 e. The molecular formula is C42H43N3. The van der Waals surface area contributed by atoms with Crippen LogP contribution in [-0.2, 0) is 12.8 Å². The van der Waals surface area contributed by atoms with Gasteiger partial charge in [-0.15, -0.1) is 0 Å². The monoisotopic (exact) mass is 589 g/mol. The molecule has 2 aromatic heterocycles. The zero-order valence-corrected chi connectivity index (χ0v) is 26.7. The van der Waals surface area contributed by atoms with Crippen molar-refractivity contribution in [2.45, 2.75) is 70.6 Å². The summed E-state index contributed by atoms with van der Waals surface area (Å²) in [5.74, 6) is 0.565. The molecule has 0 bridgehead atoms. The fourth-order valence-corrected chi connectivity index (χ4v) is 7.91. The molecule has 8 rings (SSSR count). The third kappa shape index (κ3) is 4.90. The number of allylic oxidation sites excluding steroid dienone is 3. The van der Waals surface area contributed by atoms with Crippen molar-refractivity contribution in [3.8, 4) is 16.8 Å². The van der Waals surface area contributed by atoms with E-state index in [2.05, 4.69) is 138 Å². The molecule has 4 aromatic carbocycles. The molecule has 0 saturated carbocycles. The highest BCUT2D eigenvalue weighted by atomic mass is 15.5. The van der Waals surface area contributed by atoms with Crippen molar-refractivity contribution in [2.75, 3.05) is 12.1 Å². The SMILES string of the molecule is CCC/C=C\N(C)n1c2ccccc2c2cc(-c3ccc4c(c3)c3c(n4-c4ccc(C5C=CCCC5)cc4)CCCC3)ccc21. The van der Waals surface area contributed by atoms with E-state index in [9.17, 15) is 0 Å². The van der Waals surface area contributed by atoms with Crippen LogP contribution < -0.4 is 5.01 Å². The summed E-state index contributed by atoms with van der Waals surface area (Å²) in [6.07, 6.45) is 20.1. The summed E-state index contributed by atoms with van der Waals surface area (Å²) in [5.41, 5.74) is 12.2. The molecular weight excluding hydrogens is 546 g/mol. The lowest BCUT2D eigenvalue weighted by Crippen LogP contribution is -2.23. The maximum absolute atomic E-state index is 2.56. The number of aromatic nitrogens is 2. The Hall–Kier alpha value is -4.50. The van der Waals surface area contributed by atoms with Crippen molar-refractivity contribution in [3.63, 3.8) is 0 Å². The minimum atomic E-state index is 0.565.